The zero-order valence-electron chi connectivity index (χ0n) is 12.1. The van der Waals surface area contributed by atoms with E-state index in [1.54, 1.807) is 0 Å². The van der Waals surface area contributed by atoms with Crippen LogP contribution in [0.4, 0.5) is 11.4 Å². The number of hydrogen-bond donors (Lipinski definition) is 1. The zero-order chi connectivity index (χ0) is 14.2. The van der Waals surface area contributed by atoms with E-state index in [2.05, 4.69) is 58.8 Å². The molecule has 0 fully saturated rings. The van der Waals surface area contributed by atoms with E-state index < -0.39 is 0 Å². The van der Waals surface area contributed by atoms with Crippen LogP contribution in [0.15, 0.2) is 48.5 Å². The molecule has 0 spiro atoms. The Balaban J connectivity index is 1.74. The molecule has 0 amide bonds. The number of ether oxygens (including phenoxy) is 1. The first kappa shape index (κ1) is 12.3. The minimum absolute atomic E-state index is 0.628. The summed E-state index contributed by atoms with van der Waals surface area (Å²) in [4.78, 5) is 2.37. The molecule has 2 aromatic rings. The van der Waals surface area contributed by atoms with Gasteiger partial charge < -0.3 is 15.0 Å². The van der Waals surface area contributed by atoms with Crippen LogP contribution in [0.5, 0.6) is 5.75 Å². The molecule has 2 aliphatic heterocycles. The summed E-state index contributed by atoms with van der Waals surface area (Å²) in [5.74, 6) is 0.962. The van der Waals surface area contributed by atoms with Gasteiger partial charge in [0.15, 0.2) is 0 Å². The summed E-state index contributed by atoms with van der Waals surface area (Å²) < 4.78 is 5.80. The predicted molar refractivity (Wildman–Crippen MR) is 86.1 cm³/mol. The molecule has 2 heterocycles. The molecular formula is C18H18N2O. The van der Waals surface area contributed by atoms with Crippen LogP contribution in [0, 0.1) is 0 Å². The van der Waals surface area contributed by atoms with Crippen molar-refractivity contribution >= 4 is 17.1 Å². The normalized spacial score (nSPS) is 15.9. The van der Waals surface area contributed by atoms with Crippen LogP contribution in [-0.4, -0.2) is 20.2 Å². The van der Waals surface area contributed by atoms with E-state index in [1.807, 2.05) is 7.05 Å². The molecule has 0 aliphatic carbocycles. The van der Waals surface area contributed by atoms with E-state index in [4.69, 9.17) is 4.74 Å². The zero-order valence-corrected chi connectivity index (χ0v) is 12.1. The maximum absolute atomic E-state index is 5.80. The number of benzene rings is 2. The molecule has 2 aliphatic rings. The van der Waals surface area contributed by atoms with Crippen molar-refractivity contribution in [3.05, 3.63) is 59.7 Å². The van der Waals surface area contributed by atoms with E-state index in [0.717, 1.165) is 30.0 Å². The molecule has 0 atom stereocenters. The summed E-state index contributed by atoms with van der Waals surface area (Å²) in [7, 11) is 1.95. The maximum atomic E-state index is 5.80. The Morgan fingerprint density at radius 1 is 1.14 bits per heavy atom. The lowest BCUT2D eigenvalue weighted by molar-refractivity contribution is 0.356. The second kappa shape index (κ2) is 4.85. The van der Waals surface area contributed by atoms with Gasteiger partial charge in [-0.05, 0) is 36.3 Å². The van der Waals surface area contributed by atoms with Crippen LogP contribution in [0.25, 0.3) is 5.70 Å². The monoisotopic (exact) mass is 278 g/mol. The van der Waals surface area contributed by atoms with Gasteiger partial charge in [-0.2, -0.15) is 0 Å². The van der Waals surface area contributed by atoms with Gasteiger partial charge in [-0.25, -0.2) is 0 Å². The fourth-order valence-corrected chi connectivity index (χ4v) is 3.19. The van der Waals surface area contributed by atoms with Crippen LogP contribution in [-0.2, 0) is 6.42 Å². The Labute approximate surface area is 124 Å². The third-order valence-corrected chi connectivity index (χ3v) is 4.25. The van der Waals surface area contributed by atoms with Crippen LogP contribution >= 0.6 is 0 Å². The van der Waals surface area contributed by atoms with Gasteiger partial charge in [0.25, 0.3) is 0 Å². The van der Waals surface area contributed by atoms with Crippen LogP contribution in [0.3, 0.4) is 0 Å². The van der Waals surface area contributed by atoms with Crippen molar-refractivity contribution in [3.63, 3.8) is 0 Å². The SMILES string of the molecule is CNC1=CCOc2cc(N3CCc4ccccc43)ccc21. The molecule has 21 heavy (non-hydrogen) atoms. The predicted octanol–water partition coefficient (Wildman–Crippen LogP) is 3.33. The number of anilines is 2. The topological polar surface area (TPSA) is 24.5 Å². The first-order valence-corrected chi connectivity index (χ1v) is 7.37. The Kier molecular flexibility index (Phi) is 2.85. The lowest BCUT2D eigenvalue weighted by Gasteiger charge is -2.24. The number of para-hydroxylation sites is 1. The molecule has 0 saturated heterocycles. The van der Waals surface area contributed by atoms with Gasteiger partial charge in [0.2, 0.25) is 0 Å². The van der Waals surface area contributed by atoms with Crippen molar-refractivity contribution in [3.8, 4) is 5.75 Å². The van der Waals surface area contributed by atoms with E-state index in [-0.39, 0.29) is 0 Å². The van der Waals surface area contributed by atoms with Gasteiger partial charge >= 0.3 is 0 Å². The molecule has 0 aromatic heterocycles. The van der Waals surface area contributed by atoms with Gasteiger partial charge in [0.1, 0.15) is 12.4 Å². The summed E-state index contributed by atoms with van der Waals surface area (Å²) in [5.41, 5.74) is 6.23. The average molecular weight is 278 g/mol. The van der Waals surface area contributed by atoms with Gasteiger partial charge in [0.05, 0.1) is 0 Å². The average Bonchev–Trinajstić information content (AvgIpc) is 2.97. The highest BCUT2D eigenvalue weighted by atomic mass is 16.5. The van der Waals surface area contributed by atoms with E-state index in [9.17, 15) is 0 Å². The molecule has 3 heteroatoms. The lowest BCUT2D eigenvalue weighted by atomic mass is 10.1. The summed E-state index contributed by atoms with van der Waals surface area (Å²) in [5, 5.41) is 3.23. The van der Waals surface area contributed by atoms with Crippen molar-refractivity contribution in [1.82, 2.24) is 5.32 Å². The van der Waals surface area contributed by atoms with Crippen molar-refractivity contribution < 1.29 is 4.74 Å². The second-order valence-corrected chi connectivity index (χ2v) is 5.39. The minimum Gasteiger partial charge on any atom is -0.489 e. The number of fused-ring (bicyclic) bond motifs is 2. The van der Waals surface area contributed by atoms with Crippen molar-refractivity contribution in [2.24, 2.45) is 0 Å². The molecule has 4 rings (SSSR count). The third kappa shape index (κ3) is 1.97. The maximum Gasteiger partial charge on any atom is 0.131 e. The summed E-state index contributed by atoms with van der Waals surface area (Å²) in [6, 6.07) is 15.1. The number of nitrogens with one attached hydrogen (secondary N) is 1. The van der Waals surface area contributed by atoms with Gasteiger partial charge in [-0.3, -0.25) is 0 Å². The second-order valence-electron chi connectivity index (χ2n) is 5.39. The Bertz CT molecular complexity index is 721. The van der Waals surface area contributed by atoms with Crippen molar-refractivity contribution in [1.29, 1.82) is 0 Å². The van der Waals surface area contributed by atoms with Gasteiger partial charge in [-0.15, -0.1) is 0 Å². The smallest absolute Gasteiger partial charge is 0.131 e. The van der Waals surface area contributed by atoms with E-state index >= 15 is 0 Å². The highest BCUT2D eigenvalue weighted by molar-refractivity contribution is 5.76. The largest absolute Gasteiger partial charge is 0.489 e. The molecule has 0 saturated carbocycles. The standard InChI is InChI=1S/C18H18N2O/c1-19-16-9-11-21-18-12-14(6-7-15(16)18)20-10-8-13-4-2-3-5-17(13)20/h2-7,9,12,19H,8,10-11H2,1H3. The number of rotatable bonds is 2. The van der Waals surface area contributed by atoms with Crippen LogP contribution in [0.2, 0.25) is 0 Å². The first-order valence-electron chi connectivity index (χ1n) is 7.37. The highest BCUT2D eigenvalue weighted by Crippen LogP contribution is 2.38. The van der Waals surface area contributed by atoms with Crippen LogP contribution in [0.1, 0.15) is 11.1 Å². The Morgan fingerprint density at radius 3 is 2.95 bits per heavy atom. The summed E-state index contributed by atoms with van der Waals surface area (Å²) in [6.45, 7) is 1.66. The highest BCUT2D eigenvalue weighted by Gasteiger charge is 2.21. The van der Waals surface area contributed by atoms with Gasteiger partial charge in [-0.1, -0.05) is 18.2 Å². The van der Waals surface area contributed by atoms with E-state index in [1.165, 1.54) is 16.9 Å². The minimum atomic E-state index is 0.628. The molecular weight excluding hydrogens is 260 g/mol. The Hall–Kier alpha value is -2.42. The van der Waals surface area contributed by atoms with Gasteiger partial charge in [0, 0.05) is 42.3 Å². The first-order chi connectivity index (χ1) is 10.4. The van der Waals surface area contributed by atoms with E-state index in [0.29, 0.717) is 6.61 Å². The molecule has 0 bridgehead atoms. The van der Waals surface area contributed by atoms with Crippen molar-refractivity contribution in [2.45, 2.75) is 6.42 Å². The number of hydrogen-bond acceptors (Lipinski definition) is 3. The molecule has 2 aromatic carbocycles. The number of nitrogens with zero attached hydrogens (tertiary/aromatic N) is 1. The summed E-state index contributed by atoms with van der Waals surface area (Å²) >= 11 is 0. The Morgan fingerprint density at radius 2 is 2.05 bits per heavy atom. The third-order valence-electron chi connectivity index (χ3n) is 4.25. The summed E-state index contributed by atoms with van der Waals surface area (Å²) in [6.07, 6.45) is 3.18. The lowest BCUT2D eigenvalue weighted by Crippen LogP contribution is -2.16. The molecule has 3 nitrogen and oxygen atoms in total. The fourth-order valence-electron chi connectivity index (χ4n) is 3.19. The molecule has 106 valence electrons. The quantitative estimate of drug-likeness (QED) is 0.912. The molecule has 0 radical (unpaired) electrons. The molecule has 0 unspecified atom stereocenters. The van der Waals surface area contributed by atoms with Crippen LogP contribution < -0.4 is 15.0 Å². The molecule has 1 N–H and O–H groups in total. The fraction of sp³-hybridized carbons (Fsp3) is 0.222. The van der Waals surface area contributed by atoms with Crippen molar-refractivity contribution in [2.75, 3.05) is 25.1 Å².